The number of nitrogens with one attached hydrogen (secondary N) is 1. The van der Waals surface area contributed by atoms with Crippen LogP contribution in [0.25, 0.3) is 0 Å². The minimum Gasteiger partial charge on any atom is -0.329 e. The maximum Gasteiger partial charge on any atom is 0.0409 e. The molecule has 4 heteroatoms. The third kappa shape index (κ3) is 3.73. The molecular formula is C10H14ClIN2. The lowest BCUT2D eigenvalue weighted by Crippen LogP contribution is -2.32. The fourth-order valence-electron chi connectivity index (χ4n) is 1.05. The van der Waals surface area contributed by atoms with Crippen molar-refractivity contribution < 1.29 is 0 Å². The molecule has 2 nitrogen and oxygen atoms in total. The number of hydrogen-bond donors (Lipinski definition) is 2. The molecule has 0 saturated carbocycles. The fourth-order valence-corrected chi connectivity index (χ4v) is 1.77. The van der Waals surface area contributed by atoms with E-state index in [-0.39, 0.29) is 0 Å². The average Bonchev–Trinajstić information content (AvgIpc) is 2.19. The molecule has 0 bridgehead atoms. The van der Waals surface area contributed by atoms with Gasteiger partial charge in [-0.15, -0.1) is 0 Å². The van der Waals surface area contributed by atoms with E-state index >= 15 is 0 Å². The maximum absolute atomic E-state index is 5.91. The lowest BCUT2D eigenvalue weighted by molar-refractivity contribution is 0.555. The second-order valence-electron chi connectivity index (χ2n) is 3.25. The van der Waals surface area contributed by atoms with Crippen LogP contribution in [0, 0.1) is 3.57 Å². The Balaban J connectivity index is 2.62. The van der Waals surface area contributed by atoms with Gasteiger partial charge in [-0.25, -0.2) is 0 Å². The summed E-state index contributed by atoms with van der Waals surface area (Å²) in [4.78, 5) is 0. The van der Waals surface area contributed by atoms with Crippen molar-refractivity contribution in [3.05, 3.63) is 32.4 Å². The van der Waals surface area contributed by atoms with Gasteiger partial charge in [0.1, 0.15) is 0 Å². The summed E-state index contributed by atoms with van der Waals surface area (Å²) in [5, 5.41) is 4.11. The number of rotatable bonds is 4. The molecule has 0 saturated heterocycles. The van der Waals surface area contributed by atoms with Gasteiger partial charge < -0.3 is 11.1 Å². The Kier molecular flexibility index (Phi) is 5.15. The highest BCUT2D eigenvalue weighted by molar-refractivity contribution is 14.1. The van der Waals surface area contributed by atoms with Crippen molar-refractivity contribution in [1.82, 2.24) is 5.32 Å². The van der Waals surface area contributed by atoms with Crippen LogP contribution < -0.4 is 11.1 Å². The quantitative estimate of drug-likeness (QED) is 0.835. The van der Waals surface area contributed by atoms with Crippen molar-refractivity contribution in [1.29, 1.82) is 0 Å². The maximum atomic E-state index is 5.91. The first-order valence-corrected chi connectivity index (χ1v) is 5.96. The molecule has 1 rings (SSSR count). The van der Waals surface area contributed by atoms with Crippen LogP contribution in [-0.4, -0.2) is 12.6 Å². The van der Waals surface area contributed by atoms with E-state index in [1.807, 2.05) is 18.2 Å². The van der Waals surface area contributed by atoms with Crippen molar-refractivity contribution in [2.45, 2.75) is 19.5 Å². The Bertz CT molecular complexity index is 304. The van der Waals surface area contributed by atoms with Crippen LogP contribution in [0.15, 0.2) is 18.2 Å². The van der Waals surface area contributed by atoms with E-state index in [2.05, 4.69) is 34.8 Å². The SMILES string of the molecule is CC(CN)NCc1cc(Cl)ccc1I. The predicted octanol–water partition coefficient (Wildman–Crippen LogP) is 2.38. The fraction of sp³-hybridized carbons (Fsp3) is 0.400. The van der Waals surface area contributed by atoms with Crippen LogP contribution in [0.4, 0.5) is 0 Å². The van der Waals surface area contributed by atoms with Gasteiger partial charge in [0.05, 0.1) is 0 Å². The molecule has 0 aliphatic carbocycles. The van der Waals surface area contributed by atoms with Gasteiger partial charge in [-0.3, -0.25) is 0 Å². The first-order valence-electron chi connectivity index (χ1n) is 4.51. The Morgan fingerprint density at radius 2 is 2.29 bits per heavy atom. The summed E-state index contributed by atoms with van der Waals surface area (Å²) in [6.07, 6.45) is 0. The first kappa shape index (κ1) is 12.2. The van der Waals surface area contributed by atoms with Crippen LogP contribution in [-0.2, 0) is 6.54 Å². The molecule has 0 aliphatic heterocycles. The average molecular weight is 325 g/mol. The van der Waals surface area contributed by atoms with Gasteiger partial charge in [-0.1, -0.05) is 11.6 Å². The van der Waals surface area contributed by atoms with Crippen LogP contribution in [0.1, 0.15) is 12.5 Å². The van der Waals surface area contributed by atoms with Crippen LogP contribution in [0.3, 0.4) is 0 Å². The standard InChI is InChI=1S/C10H14ClIN2/c1-7(5-13)14-6-8-4-9(11)2-3-10(8)12/h2-4,7,14H,5-6,13H2,1H3. The van der Waals surface area contributed by atoms with Gasteiger partial charge in [-0.2, -0.15) is 0 Å². The second-order valence-corrected chi connectivity index (χ2v) is 4.85. The second kappa shape index (κ2) is 5.90. The van der Waals surface area contributed by atoms with E-state index in [1.54, 1.807) is 0 Å². The van der Waals surface area contributed by atoms with E-state index < -0.39 is 0 Å². The Labute approximate surface area is 103 Å². The number of nitrogens with two attached hydrogens (primary N) is 1. The molecule has 1 unspecified atom stereocenters. The van der Waals surface area contributed by atoms with Crippen molar-refractivity contribution >= 4 is 34.2 Å². The molecule has 0 amide bonds. The van der Waals surface area contributed by atoms with Gasteiger partial charge in [0.25, 0.3) is 0 Å². The van der Waals surface area contributed by atoms with Crippen LogP contribution in [0.2, 0.25) is 5.02 Å². The van der Waals surface area contributed by atoms with Crippen molar-refractivity contribution in [2.75, 3.05) is 6.54 Å². The molecule has 1 aromatic rings. The predicted molar refractivity (Wildman–Crippen MR) is 69.5 cm³/mol. The molecule has 1 atom stereocenters. The molecule has 0 spiro atoms. The van der Waals surface area contributed by atoms with Gasteiger partial charge >= 0.3 is 0 Å². The van der Waals surface area contributed by atoms with Crippen LogP contribution in [0.5, 0.6) is 0 Å². The van der Waals surface area contributed by atoms with Gasteiger partial charge in [-0.05, 0) is 53.3 Å². The summed E-state index contributed by atoms with van der Waals surface area (Å²) in [5.41, 5.74) is 6.73. The summed E-state index contributed by atoms with van der Waals surface area (Å²) in [6.45, 7) is 3.53. The molecule has 0 heterocycles. The summed E-state index contributed by atoms with van der Waals surface area (Å²) >= 11 is 8.22. The highest BCUT2D eigenvalue weighted by Gasteiger charge is 2.02. The number of halogens is 2. The molecule has 14 heavy (non-hydrogen) atoms. The topological polar surface area (TPSA) is 38.0 Å². The monoisotopic (exact) mass is 324 g/mol. The van der Waals surface area contributed by atoms with E-state index in [0.29, 0.717) is 12.6 Å². The lowest BCUT2D eigenvalue weighted by Gasteiger charge is -2.12. The summed E-state index contributed by atoms with van der Waals surface area (Å²) in [7, 11) is 0. The summed E-state index contributed by atoms with van der Waals surface area (Å²) < 4.78 is 1.23. The van der Waals surface area contributed by atoms with Crippen molar-refractivity contribution in [2.24, 2.45) is 5.73 Å². The van der Waals surface area contributed by atoms with Crippen molar-refractivity contribution in [3.8, 4) is 0 Å². The van der Waals surface area contributed by atoms with Crippen LogP contribution >= 0.6 is 34.2 Å². The number of benzene rings is 1. The molecule has 78 valence electrons. The highest BCUT2D eigenvalue weighted by atomic mass is 127. The Morgan fingerprint density at radius 3 is 2.93 bits per heavy atom. The van der Waals surface area contributed by atoms with E-state index in [4.69, 9.17) is 17.3 Å². The minimum absolute atomic E-state index is 0.338. The molecule has 0 aliphatic rings. The Hall–Kier alpha value is 0.160. The largest absolute Gasteiger partial charge is 0.329 e. The lowest BCUT2D eigenvalue weighted by atomic mass is 10.2. The molecule has 1 aromatic carbocycles. The molecule has 0 radical (unpaired) electrons. The minimum atomic E-state index is 0.338. The molecule has 0 aromatic heterocycles. The van der Waals surface area contributed by atoms with Gasteiger partial charge in [0.15, 0.2) is 0 Å². The molecule has 0 fully saturated rings. The van der Waals surface area contributed by atoms with E-state index in [1.165, 1.54) is 9.13 Å². The third-order valence-corrected chi connectivity index (χ3v) is 3.29. The smallest absolute Gasteiger partial charge is 0.0409 e. The Morgan fingerprint density at radius 1 is 1.57 bits per heavy atom. The van der Waals surface area contributed by atoms with Crippen molar-refractivity contribution in [3.63, 3.8) is 0 Å². The van der Waals surface area contributed by atoms with E-state index in [9.17, 15) is 0 Å². The highest BCUT2D eigenvalue weighted by Crippen LogP contribution is 2.17. The van der Waals surface area contributed by atoms with Gasteiger partial charge in [0, 0.05) is 27.7 Å². The molecular weight excluding hydrogens is 310 g/mol. The normalized spacial score (nSPS) is 12.9. The zero-order chi connectivity index (χ0) is 10.6. The summed E-state index contributed by atoms with van der Waals surface area (Å²) in [6, 6.07) is 6.25. The third-order valence-electron chi connectivity index (χ3n) is 2.00. The summed E-state index contributed by atoms with van der Waals surface area (Å²) in [5.74, 6) is 0. The zero-order valence-electron chi connectivity index (χ0n) is 8.06. The number of hydrogen-bond acceptors (Lipinski definition) is 2. The van der Waals surface area contributed by atoms with Gasteiger partial charge in [0.2, 0.25) is 0 Å². The first-order chi connectivity index (χ1) is 6.63. The molecule has 3 N–H and O–H groups in total. The zero-order valence-corrected chi connectivity index (χ0v) is 11.0. The van der Waals surface area contributed by atoms with E-state index in [0.717, 1.165) is 11.6 Å².